The van der Waals surface area contributed by atoms with Crippen LogP contribution in [-0.4, -0.2) is 70.9 Å². The van der Waals surface area contributed by atoms with E-state index in [0.29, 0.717) is 37.9 Å². The average molecular weight is 374 g/mol. The predicted molar refractivity (Wildman–Crippen MR) is 96.8 cm³/mol. The Morgan fingerprint density at radius 3 is 2.96 bits per heavy atom. The number of nitrogens with zero attached hydrogens (tertiary/aromatic N) is 4. The molecule has 1 atom stereocenters. The van der Waals surface area contributed by atoms with Crippen LogP contribution in [0.3, 0.4) is 0 Å². The van der Waals surface area contributed by atoms with Crippen LogP contribution in [0, 0.1) is 0 Å². The molecule has 2 aliphatic rings. The number of pyridine rings is 1. The van der Waals surface area contributed by atoms with E-state index in [4.69, 9.17) is 9.47 Å². The SMILES string of the molecule is O=C(c1nccs1)N1CCOC2(CN(Cc3cccnc3)CCCO2)C1. The molecule has 138 valence electrons. The lowest BCUT2D eigenvalue weighted by atomic mass is 10.1. The van der Waals surface area contributed by atoms with Gasteiger partial charge < -0.3 is 14.4 Å². The number of rotatable bonds is 3. The number of hydrogen-bond acceptors (Lipinski definition) is 7. The molecule has 0 aromatic carbocycles. The second-order valence-corrected chi connectivity index (χ2v) is 7.49. The van der Waals surface area contributed by atoms with Crippen molar-refractivity contribution in [3.63, 3.8) is 0 Å². The van der Waals surface area contributed by atoms with E-state index in [9.17, 15) is 4.79 Å². The van der Waals surface area contributed by atoms with E-state index >= 15 is 0 Å². The first-order chi connectivity index (χ1) is 12.7. The van der Waals surface area contributed by atoms with E-state index in [0.717, 1.165) is 25.1 Å². The Morgan fingerprint density at radius 1 is 1.23 bits per heavy atom. The molecular formula is C18H22N4O3S. The van der Waals surface area contributed by atoms with Crippen LogP contribution >= 0.6 is 11.3 Å². The van der Waals surface area contributed by atoms with Crippen molar-refractivity contribution in [2.75, 3.05) is 39.4 Å². The smallest absolute Gasteiger partial charge is 0.283 e. The largest absolute Gasteiger partial charge is 0.347 e. The van der Waals surface area contributed by atoms with Crippen LogP contribution in [0.25, 0.3) is 0 Å². The Labute approximate surface area is 156 Å². The van der Waals surface area contributed by atoms with E-state index in [2.05, 4.69) is 20.9 Å². The highest BCUT2D eigenvalue weighted by molar-refractivity contribution is 7.11. The van der Waals surface area contributed by atoms with Gasteiger partial charge in [0, 0.05) is 43.6 Å². The third kappa shape index (κ3) is 3.93. The highest BCUT2D eigenvalue weighted by Gasteiger charge is 2.42. The van der Waals surface area contributed by atoms with Gasteiger partial charge in [-0.2, -0.15) is 0 Å². The Bertz CT molecular complexity index is 727. The summed E-state index contributed by atoms with van der Waals surface area (Å²) in [4.78, 5) is 25.1. The summed E-state index contributed by atoms with van der Waals surface area (Å²) >= 11 is 1.36. The summed E-state index contributed by atoms with van der Waals surface area (Å²) in [7, 11) is 0. The second kappa shape index (κ2) is 7.79. The number of carbonyl (C=O) groups excluding carboxylic acids is 1. The second-order valence-electron chi connectivity index (χ2n) is 6.60. The molecule has 2 saturated heterocycles. The summed E-state index contributed by atoms with van der Waals surface area (Å²) in [5, 5.41) is 2.34. The van der Waals surface area contributed by atoms with Gasteiger partial charge in [0.25, 0.3) is 5.91 Å². The van der Waals surface area contributed by atoms with Gasteiger partial charge in [-0.3, -0.25) is 14.7 Å². The molecule has 7 nitrogen and oxygen atoms in total. The van der Waals surface area contributed by atoms with Crippen LogP contribution in [0.1, 0.15) is 21.8 Å². The number of thiazole rings is 1. The molecule has 0 N–H and O–H groups in total. The molecule has 2 fully saturated rings. The zero-order chi connectivity index (χ0) is 17.8. The fraction of sp³-hybridized carbons (Fsp3) is 0.500. The molecule has 1 amide bonds. The van der Waals surface area contributed by atoms with Crippen LogP contribution in [0.15, 0.2) is 36.1 Å². The third-order valence-electron chi connectivity index (χ3n) is 4.64. The van der Waals surface area contributed by atoms with Crippen molar-refractivity contribution < 1.29 is 14.3 Å². The lowest BCUT2D eigenvalue weighted by Gasteiger charge is -2.43. The van der Waals surface area contributed by atoms with Gasteiger partial charge in [0.1, 0.15) is 0 Å². The third-order valence-corrected chi connectivity index (χ3v) is 5.40. The average Bonchev–Trinajstić information content (AvgIpc) is 3.14. The summed E-state index contributed by atoms with van der Waals surface area (Å²) in [5.74, 6) is -0.821. The molecule has 1 spiro atoms. The first kappa shape index (κ1) is 17.5. The van der Waals surface area contributed by atoms with E-state index < -0.39 is 5.79 Å². The first-order valence-electron chi connectivity index (χ1n) is 8.82. The van der Waals surface area contributed by atoms with Crippen molar-refractivity contribution in [2.45, 2.75) is 18.8 Å². The van der Waals surface area contributed by atoms with E-state index in [1.807, 2.05) is 17.6 Å². The minimum Gasteiger partial charge on any atom is -0.347 e. The molecule has 2 aromatic heterocycles. The maximum atomic E-state index is 12.7. The zero-order valence-corrected chi connectivity index (χ0v) is 15.4. The lowest BCUT2D eigenvalue weighted by Crippen LogP contribution is -2.59. The molecule has 8 heteroatoms. The van der Waals surface area contributed by atoms with Crippen LogP contribution in [0.4, 0.5) is 0 Å². The molecule has 0 bridgehead atoms. The maximum Gasteiger partial charge on any atom is 0.283 e. The number of amides is 1. The number of carbonyl (C=O) groups is 1. The van der Waals surface area contributed by atoms with E-state index in [-0.39, 0.29) is 5.91 Å². The Kier molecular flexibility index (Phi) is 5.26. The lowest BCUT2D eigenvalue weighted by molar-refractivity contribution is -0.261. The van der Waals surface area contributed by atoms with Crippen molar-refractivity contribution in [3.8, 4) is 0 Å². The van der Waals surface area contributed by atoms with Gasteiger partial charge in [0.2, 0.25) is 0 Å². The monoisotopic (exact) mass is 374 g/mol. The highest BCUT2D eigenvalue weighted by Crippen LogP contribution is 2.26. The molecule has 0 saturated carbocycles. The van der Waals surface area contributed by atoms with Crippen molar-refractivity contribution >= 4 is 17.2 Å². The molecule has 0 radical (unpaired) electrons. The standard InChI is InChI=1S/C18H22N4O3S/c23-17(16-20-5-10-26-16)22-7-9-25-18(14-22)13-21(6-2-8-24-18)12-15-3-1-4-19-11-15/h1,3-5,10-11H,2,6-9,12-14H2. The number of hydrogen-bond donors (Lipinski definition) is 0. The molecule has 4 rings (SSSR count). The normalized spacial score (nSPS) is 24.5. The molecule has 26 heavy (non-hydrogen) atoms. The van der Waals surface area contributed by atoms with Crippen molar-refractivity contribution in [1.82, 2.24) is 19.8 Å². The predicted octanol–water partition coefficient (Wildman–Crippen LogP) is 1.63. The maximum absolute atomic E-state index is 12.7. The van der Waals surface area contributed by atoms with Gasteiger partial charge in [0.15, 0.2) is 10.8 Å². The van der Waals surface area contributed by atoms with Crippen LogP contribution in [0.5, 0.6) is 0 Å². The molecular weight excluding hydrogens is 352 g/mol. The molecule has 1 unspecified atom stereocenters. The minimum atomic E-state index is -0.774. The number of ether oxygens (including phenoxy) is 2. The quantitative estimate of drug-likeness (QED) is 0.813. The summed E-state index contributed by atoms with van der Waals surface area (Å²) in [5.41, 5.74) is 1.16. The summed E-state index contributed by atoms with van der Waals surface area (Å²) in [6.45, 7) is 4.44. The Hall–Kier alpha value is -1.87. The summed E-state index contributed by atoms with van der Waals surface area (Å²) in [6.07, 6.45) is 6.26. The van der Waals surface area contributed by atoms with Gasteiger partial charge >= 0.3 is 0 Å². The molecule has 2 aliphatic heterocycles. The first-order valence-corrected chi connectivity index (χ1v) is 9.70. The van der Waals surface area contributed by atoms with Crippen LogP contribution in [-0.2, 0) is 16.0 Å². The number of morpholine rings is 1. The molecule has 2 aromatic rings. The minimum absolute atomic E-state index is 0.0469. The Balaban J connectivity index is 1.47. The van der Waals surface area contributed by atoms with Crippen LogP contribution in [0.2, 0.25) is 0 Å². The van der Waals surface area contributed by atoms with Crippen molar-refractivity contribution in [1.29, 1.82) is 0 Å². The Morgan fingerprint density at radius 2 is 2.15 bits per heavy atom. The van der Waals surface area contributed by atoms with Crippen molar-refractivity contribution in [2.24, 2.45) is 0 Å². The van der Waals surface area contributed by atoms with Gasteiger partial charge in [-0.15, -0.1) is 11.3 Å². The summed E-state index contributed by atoms with van der Waals surface area (Å²) in [6, 6.07) is 4.02. The van der Waals surface area contributed by atoms with Gasteiger partial charge in [-0.1, -0.05) is 6.07 Å². The van der Waals surface area contributed by atoms with Crippen molar-refractivity contribution in [3.05, 3.63) is 46.7 Å². The molecule has 4 heterocycles. The van der Waals surface area contributed by atoms with Gasteiger partial charge in [0.05, 0.1) is 26.3 Å². The molecule has 0 aliphatic carbocycles. The fourth-order valence-corrected chi connectivity index (χ4v) is 4.08. The highest BCUT2D eigenvalue weighted by atomic mass is 32.1. The van der Waals surface area contributed by atoms with Gasteiger partial charge in [-0.25, -0.2) is 4.98 Å². The zero-order valence-electron chi connectivity index (χ0n) is 14.5. The van der Waals surface area contributed by atoms with E-state index in [1.165, 1.54) is 11.3 Å². The van der Waals surface area contributed by atoms with Gasteiger partial charge in [-0.05, 0) is 18.1 Å². The van der Waals surface area contributed by atoms with Crippen LogP contribution < -0.4 is 0 Å². The fourth-order valence-electron chi connectivity index (χ4n) is 3.47. The summed E-state index contributed by atoms with van der Waals surface area (Å²) < 4.78 is 12.2. The number of aromatic nitrogens is 2. The van der Waals surface area contributed by atoms with E-state index in [1.54, 1.807) is 17.3 Å². The topological polar surface area (TPSA) is 67.8 Å².